The summed E-state index contributed by atoms with van der Waals surface area (Å²) in [6, 6.07) is 0. The molecular weight excluding hydrogens is 424 g/mol. The van der Waals surface area contributed by atoms with Gasteiger partial charge >= 0.3 is 11.9 Å². The molecule has 0 rings (SSSR count). The molecule has 0 fully saturated rings. The number of carbonyl (C=O) groups is 4. The van der Waals surface area contributed by atoms with Crippen LogP contribution in [0.25, 0.3) is 0 Å². The lowest BCUT2D eigenvalue weighted by molar-refractivity contribution is -0.138. The van der Waals surface area contributed by atoms with Crippen molar-refractivity contribution in [3.63, 3.8) is 0 Å². The highest BCUT2D eigenvalue weighted by atomic mass is 35.5. The van der Waals surface area contributed by atoms with E-state index in [9.17, 15) is 19.2 Å². The number of halogens is 1. The monoisotopic (exact) mass is 462 g/mol. The molecule has 9 heteroatoms. The van der Waals surface area contributed by atoms with Crippen LogP contribution >= 0.6 is 11.6 Å². The van der Waals surface area contributed by atoms with Crippen LogP contribution in [-0.4, -0.2) is 46.4 Å². The zero-order valence-corrected chi connectivity index (χ0v) is 19.2. The van der Waals surface area contributed by atoms with E-state index in [1.165, 1.54) is 6.08 Å². The van der Waals surface area contributed by atoms with Crippen LogP contribution in [0.4, 0.5) is 0 Å². The van der Waals surface area contributed by atoms with Gasteiger partial charge in [0.1, 0.15) is 0 Å². The first-order valence-electron chi connectivity index (χ1n) is 10.6. The zero-order valence-electron chi connectivity index (χ0n) is 18.5. The van der Waals surface area contributed by atoms with Crippen molar-refractivity contribution in [1.82, 2.24) is 5.32 Å². The number of carbonyl (C=O) groups excluding carboxylic acids is 2. The largest absolute Gasteiger partial charge is 0.481 e. The van der Waals surface area contributed by atoms with Crippen LogP contribution in [0.3, 0.4) is 0 Å². The fourth-order valence-corrected chi connectivity index (χ4v) is 2.17. The van der Waals surface area contributed by atoms with Gasteiger partial charge in [-0.3, -0.25) is 19.2 Å². The second-order valence-corrected chi connectivity index (χ2v) is 6.99. The van der Waals surface area contributed by atoms with Gasteiger partial charge in [-0.1, -0.05) is 51.7 Å². The van der Waals surface area contributed by atoms with Gasteiger partial charge in [-0.15, -0.1) is 0 Å². The minimum Gasteiger partial charge on any atom is -0.481 e. The number of hydrogen-bond donors (Lipinski definition) is 4. The van der Waals surface area contributed by atoms with Crippen LogP contribution in [0.1, 0.15) is 77.0 Å². The molecule has 1 amide bonds. The van der Waals surface area contributed by atoms with Crippen molar-refractivity contribution in [3.8, 4) is 0 Å². The van der Waals surface area contributed by atoms with Gasteiger partial charge in [0.05, 0.1) is 0 Å². The van der Waals surface area contributed by atoms with Crippen molar-refractivity contribution in [2.24, 2.45) is 5.73 Å². The van der Waals surface area contributed by atoms with E-state index in [1.807, 2.05) is 0 Å². The number of carboxylic acids is 2. The van der Waals surface area contributed by atoms with Crippen molar-refractivity contribution >= 4 is 34.7 Å². The smallest absolute Gasteiger partial charge is 0.303 e. The maximum atomic E-state index is 10.7. The molecule has 31 heavy (non-hydrogen) atoms. The number of aliphatic carboxylic acids is 2. The number of nitrogens with one attached hydrogen (secondary N) is 1. The molecule has 8 nitrogen and oxygen atoms in total. The molecule has 0 saturated carbocycles. The number of carboxylic acid groups (broad SMARTS) is 2. The van der Waals surface area contributed by atoms with Crippen molar-refractivity contribution in [3.05, 3.63) is 25.3 Å². The van der Waals surface area contributed by atoms with Gasteiger partial charge in [-0.05, 0) is 56.0 Å². The van der Waals surface area contributed by atoms with Gasteiger partial charge < -0.3 is 21.3 Å². The quantitative estimate of drug-likeness (QED) is 0.145. The molecule has 5 N–H and O–H groups in total. The first-order chi connectivity index (χ1) is 14.7. The number of unbranched alkanes of at least 4 members (excludes halogenated alkanes) is 8. The molecule has 0 aliphatic carbocycles. The van der Waals surface area contributed by atoms with E-state index >= 15 is 0 Å². The summed E-state index contributed by atoms with van der Waals surface area (Å²) in [7, 11) is 0. The molecule has 0 atom stereocenters. The molecule has 0 aliphatic heterocycles. The molecule has 0 aliphatic rings. The second kappa shape index (κ2) is 27.8. The molecule has 0 radical (unpaired) electrons. The summed E-state index contributed by atoms with van der Waals surface area (Å²) < 4.78 is 0. The van der Waals surface area contributed by atoms with Gasteiger partial charge in [0.25, 0.3) is 0 Å². The Balaban J connectivity index is -0.000000428. The lowest BCUT2D eigenvalue weighted by atomic mass is 10.1. The number of hydrogen-bond acceptors (Lipinski definition) is 5. The zero-order chi connectivity index (χ0) is 24.3. The van der Waals surface area contributed by atoms with E-state index in [0.717, 1.165) is 76.8 Å². The van der Waals surface area contributed by atoms with Crippen LogP contribution in [0.15, 0.2) is 25.3 Å². The maximum absolute atomic E-state index is 10.7. The SMILES string of the molecule is C=CC(=O)Cl.C=CC(=O)NCCCCCCCC(=O)O.NCCCCCCCC(=O)O. The van der Waals surface area contributed by atoms with Gasteiger partial charge in [-0.2, -0.15) is 0 Å². The molecule has 0 heterocycles. The van der Waals surface area contributed by atoms with E-state index in [2.05, 4.69) is 18.5 Å². The van der Waals surface area contributed by atoms with Crippen molar-refractivity contribution < 1.29 is 29.4 Å². The summed E-state index contributed by atoms with van der Waals surface area (Å²) >= 11 is 4.71. The summed E-state index contributed by atoms with van der Waals surface area (Å²) in [6.07, 6.45) is 12.7. The minimum atomic E-state index is -0.728. The fourth-order valence-electron chi connectivity index (χ4n) is 2.17. The maximum Gasteiger partial charge on any atom is 0.303 e. The van der Waals surface area contributed by atoms with Crippen LogP contribution in [-0.2, 0) is 19.2 Å². The highest BCUT2D eigenvalue weighted by Gasteiger charge is 1.97. The molecule has 0 spiro atoms. The lowest BCUT2D eigenvalue weighted by Crippen LogP contribution is -2.21. The molecule has 0 unspecified atom stereocenters. The third-order valence-electron chi connectivity index (χ3n) is 3.81. The number of nitrogens with two attached hydrogens (primary N) is 1. The Bertz CT molecular complexity index is 512. The summed E-state index contributed by atoms with van der Waals surface area (Å²) in [4.78, 5) is 40.4. The van der Waals surface area contributed by atoms with E-state index in [0.29, 0.717) is 13.0 Å². The molecule has 0 bridgehead atoms. The second-order valence-electron chi connectivity index (χ2n) is 6.62. The highest BCUT2D eigenvalue weighted by Crippen LogP contribution is 2.05. The Labute approximate surface area is 190 Å². The Morgan fingerprint density at radius 2 is 1.13 bits per heavy atom. The van der Waals surface area contributed by atoms with E-state index in [1.54, 1.807) is 0 Å². The molecule has 0 aromatic heterocycles. The highest BCUT2D eigenvalue weighted by molar-refractivity contribution is 6.66. The standard InChI is InChI=1S/C11H19NO3.C8H17NO2.C3H3ClO/c1-2-10(13)12-9-7-5-3-4-6-8-11(14)15;9-7-5-3-1-2-4-6-8(10)11;1-2-3(4)5/h2H,1,3-9H2,(H,12,13)(H,14,15);1-7,9H2,(H,10,11);2H,1H2. The summed E-state index contributed by atoms with van der Waals surface area (Å²) in [5.41, 5.74) is 5.30. The Morgan fingerprint density at radius 1 is 0.742 bits per heavy atom. The topological polar surface area (TPSA) is 147 Å². The molecule has 0 aromatic carbocycles. The molecule has 180 valence electrons. The normalized spacial score (nSPS) is 9.23. The third-order valence-corrected chi connectivity index (χ3v) is 3.96. The van der Waals surface area contributed by atoms with Crippen LogP contribution in [0, 0.1) is 0 Å². The molecule has 0 saturated heterocycles. The van der Waals surface area contributed by atoms with Crippen molar-refractivity contribution in [2.75, 3.05) is 13.1 Å². The van der Waals surface area contributed by atoms with Gasteiger partial charge in [0, 0.05) is 19.4 Å². The van der Waals surface area contributed by atoms with Gasteiger partial charge in [0.15, 0.2) is 0 Å². The van der Waals surface area contributed by atoms with Crippen LogP contribution in [0.5, 0.6) is 0 Å². The summed E-state index contributed by atoms with van der Waals surface area (Å²) in [5.74, 6) is -1.56. The lowest BCUT2D eigenvalue weighted by Gasteiger charge is -2.01. The van der Waals surface area contributed by atoms with Crippen LogP contribution < -0.4 is 11.1 Å². The predicted molar refractivity (Wildman–Crippen MR) is 124 cm³/mol. The Morgan fingerprint density at radius 3 is 1.48 bits per heavy atom. The summed E-state index contributed by atoms with van der Waals surface area (Å²) in [6.45, 7) is 7.85. The molecule has 0 aromatic rings. The predicted octanol–water partition coefficient (Wildman–Crippen LogP) is 4.02. The third kappa shape index (κ3) is 42.8. The van der Waals surface area contributed by atoms with Crippen molar-refractivity contribution in [1.29, 1.82) is 0 Å². The van der Waals surface area contributed by atoms with E-state index in [-0.39, 0.29) is 12.3 Å². The minimum absolute atomic E-state index is 0.138. The number of allylic oxidation sites excluding steroid dienone is 1. The number of rotatable bonds is 17. The Kier molecular flexibility index (Phi) is 30.0. The van der Waals surface area contributed by atoms with Crippen LogP contribution in [0.2, 0.25) is 0 Å². The van der Waals surface area contributed by atoms with Crippen molar-refractivity contribution in [2.45, 2.75) is 77.0 Å². The molecular formula is C22H39ClN2O6. The summed E-state index contributed by atoms with van der Waals surface area (Å²) in [5, 5.41) is 18.9. The first kappa shape index (κ1) is 33.4. The van der Waals surface area contributed by atoms with E-state index < -0.39 is 17.2 Å². The van der Waals surface area contributed by atoms with E-state index in [4.69, 9.17) is 27.5 Å². The van der Waals surface area contributed by atoms with Gasteiger partial charge in [0.2, 0.25) is 11.1 Å². The first-order valence-corrected chi connectivity index (χ1v) is 10.9. The average Bonchev–Trinajstić information content (AvgIpc) is 2.72. The average molecular weight is 463 g/mol. The van der Waals surface area contributed by atoms with Gasteiger partial charge in [-0.25, -0.2) is 0 Å². The fraction of sp³-hybridized carbons (Fsp3) is 0.636. The number of amides is 1. The Hall–Kier alpha value is -2.19.